The van der Waals surface area contributed by atoms with Gasteiger partial charge in [0.05, 0.1) is 6.20 Å². The number of nitrogens with two attached hydrogens (primary N) is 1. The van der Waals surface area contributed by atoms with Crippen LogP contribution in [-0.2, 0) is 13.0 Å². The van der Waals surface area contributed by atoms with Gasteiger partial charge in [-0.1, -0.05) is 13.8 Å². The van der Waals surface area contributed by atoms with Crippen molar-refractivity contribution in [3.05, 3.63) is 17.5 Å². The second kappa shape index (κ2) is 4.42. The summed E-state index contributed by atoms with van der Waals surface area (Å²) >= 11 is 0. The summed E-state index contributed by atoms with van der Waals surface area (Å²) in [6.07, 6.45) is 4.01. The van der Waals surface area contributed by atoms with E-state index in [1.54, 1.807) is 0 Å². The van der Waals surface area contributed by atoms with Gasteiger partial charge in [0.2, 0.25) is 0 Å². The van der Waals surface area contributed by atoms with E-state index in [2.05, 4.69) is 30.6 Å². The predicted octanol–water partition coefficient (Wildman–Crippen LogP) is 1.88. The zero-order chi connectivity index (χ0) is 9.84. The molecule has 0 aliphatic carbocycles. The second-order valence-electron chi connectivity index (χ2n) is 3.38. The van der Waals surface area contributed by atoms with Crippen molar-refractivity contribution < 1.29 is 0 Å². The van der Waals surface area contributed by atoms with Gasteiger partial charge < -0.3 is 5.73 Å². The maximum absolute atomic E-state index is 5.63. The molecule has 0 aliphatic heterocycles. The fraction of sp³-hybridized carbons (Fsp3) is 0.700. The fourth-order valence-electron chi connectivity index (χ4n) is 1.54. The Kier molecular flexibility index (Phi) is 3.48. The van der Waals surface area contributed by atoms with Crippen LogP contribution >= 0.6 is 0 Å². The average molecular weight is 181 g/mol. The fourth-order valence-corrected chi connectivity index (χ4v) is 1.54. The lowest BCUT2D eigenvalue weighted by Gasteiger charge is -2.13. The van der Waals surface area contributed by atoms with Crippen molar-refractivity contribution in [3.63, 3.8) is 0 Å². The van der Waals surface area contributed by atoms with Crippen molar-refractivity contribution in [1.82, 2.24) is 9.78 Å². The monoisotopic (exact) mass is 181 g/mol. The van der Waals surface area contributed by atoms with Crippen molar-refractivity contribution >= 4 is 0 Å². The number of rotatable bonds is 4. The van der Waals surface area contributed by atoms with Crippen molar-refractivity contribution in [2.45, 2.75) is 46.2 Å². The summed E-state index contributed by atoms with van der Waals surface area (Å²) < 4.78 is 2.10. The summed E-state index contributed by atoms with van der Waals surface area (Å²) in [5.74, 6) is 0. The van der Waals surface area contributed by atoms with E-state index < -0.39 is 0 Å². The number of aromatic nitrogens is 2. The van der Waals surface area contributed by atoms with Crippen LogP contribution in [0, 0.1) is 0 Å². The first-order chi connectivity index (χ1) is 6.24. The van der Waals surface area contributed by atoms with Gasteiger partial charge in [-0.3, -0.25) is 4.68 Å². The van der Waals surface area contributed by atoms with Gasteiger partial charge in [-0.2, -0.15) is 5.10 Å². The molecule has 0 spiro atoms. The largest absolute Gasteiger partial charge is 0.326 e. The molecule has 0 bridgehead atoms. The molecule has 1 unspecified atom stereocenters. The highest BCUT2D eigenvalue weighted by Gasteiger charge is 2.11. The molecule has 1 aromatic heterocycles. The quantitative estimate of drug-likeness (QED) is 0.770. The molecule has 0 amide bonds. The Morgan fingerprint density at radius 2 is 2.23 bits per heavy atom. The SMILES string of the molecule is CCc1c(CN)cnn1C(C)CC. The van der Waals surface area contributed by atoms with Gasteiger partial charge in [-0.25, -0.2) is 0 Å². The van der Waals surface area contributed by atoms with Gasteiger partial charge in [0.1, 0.15) is 0 Å². The lowest BCUT2D eigenvalue weighted by Crippen LogP contribution is -2.10. The summed E-state index contributed by atoms with van der Waals surface area (Å²) in [5.41, 5.74) is 8.10. The standard InChI is InChI=1S/C10H19N3/c1-4-8(3)13-10(5-2)9(6-11)7-12-13/h7-8H,4-6,11H2,1-3H3. The lowest BCUT2D eigenvalue weighted by atomic mass is 10.2. The first kappa shape index (κ1) is 10.3. The normalized spacial score (nSPS) is 13.2. The van der Waals surface area contributed by atoms with Crippen molar-refractivity contribution in [2.24, 2.45) is 5.73 Å². The van der Waals surface area contributed by atoms with Gasteiger partial charge in [-0.15, -0.1) is 0 Å². The van der Waals surface area contributed by atoms with E-state index in [4.69, 9.17) is 5.73 Å². The van der Waals surface area contributed by atoms with E-state index in [0.717, 1.165) is 12.8 Å². The molecule has 0 radical (unpaired) electrons. The third-order valence-electron chi connectivity index (χ3n) is 2.55. The molecular formula is C10H19N3. The van der Waals surface area contributed by atoms with Crippen molar-refractivity contribution in [3.8, 4) is 0 Å². The summed E-state index contributed by atoms with van der Waals surface area (Å²) in [4.78, 5) is 0. The molecule has 13 heavy (non-hydrogen) atoms. The minimum Gasteiger partial charge on any atom is -0.326 e. The first-order valence-electron chi connectivity index (χ1n) is 4.99. The number of hydrogen-bond donors (Lipinski definition) is 1. The summed E-state index contributed by atoms with van der Waals surface area (Å²) in [6.45, 7) is 7.11. The molecule has 0 saturated carbocycles. The molecule has 1 aromatic rings. The molecule has 3 heteroatoms. The van der Waals surface area contributed by atoms with Crippen LogP contribution < -0.4 is 5.73 Å². The Morgan fingerprint density at radius 1 is 1.54 bits per heavy atom. The van der Waals surface area contributed by atoms with E-state index in [1.165, 1.54) is 11.3 Å². The average Bonchev–Trinajstić information content (AvgIpc) is 2.58. The van der Waals surface area contributed by atoms with Crippen LogP contribution in [0.5, 0.6) is 0 Å². The topological polar surface area (TPSA) is 43.8 Å². The Balaban J connectivity index is 3.00. The van der Waals surface area contributed by atoms with Crippen LogP contribution in [0.25, 0.3) is 0 Å². The molecule has 1 atom stereocenters. The molecule has 3 nitrogen and oxygen atoms in total. The minimum absolute atomic E-state index is 0.482. The van der Waals surface area contributed by atoms with Crippen molar-refractivity contribution in [2.75, 3.05) is 0 Å². The highest BCUT2D eigenvalue weighted by atomic mass is 15.3. The van der Waals surface area contributed by atoms with Crippen LogP contribution in [0.1, 0.15) is 44.5 Å². The highest BCUT2D eigenvalue weighted by molar-refractivity contribution is 5.17. The molecule has 74 valence electrons. The van der Waals surface area contributed by atoms with Crippen molar-refractivity contribution in [1.29, 1.82) is 0 Å². The van der Waals surface area contributed by atoms with Crippen LogP contribution in [0.2, 0.25) is 0 Å². The predicted molar refractivity (Wildman–Crippen MR) is 54.5 cm³/mol. The van der Waals surface area contributed by atoms with Gasteiger partial charge in [0.15, 0.2) is 0 Å². The Morgan fingerprint density at radius 3 is 2.69 bits per heavy atom. The zero-order valence-electron chi connectivity index (χ0n) is 8.75. The van der Waals surface area contributed by atoms with E-state index in [0.29, 0.717) is 12.6 Å². The van der Waals surface area contributed by atoms with Crippen LogP contribution in [-0.4, -0.2) is 9.78 Å². The first-order valence-corrected chi connectivity index (χ1v) is 4.99. The zero-order valence-corrected chi connectivity index (χ0v) is 8.75. The molecule has 2 N–H and O–H groups in total. The van der Waals surface area contributed by atoms with Crippen LogP contribution in [0.15, 0.2) is 6.20 Å². The molecule has 1 rings (SSSR count). The molecule has 0 saturated heterocycles. The third kappa shape index (κ3) is 1.91. The van der Waals surface area contributed by atoms with E-state index in [9.17, 15) is 0 Å². The second-order valence-corrected chi connectivity index (χ2v) is 3.38. The number of hydrogen-bond acceptors (Lipinski definition) is 2. The van der Waals surface area contributed by atoms with Gasteiger partial charge in [0.25, 0.3) is 0 Å². The van der Waals surface area contributed by atoms with Crippen LogP contribution in [0.4, 0.5) is 0 Å². The Bertz CT molecular complexity index is 265. The molecule has 1 heterocycles. The molecule has 0 fully saturated rings. The molecule has 0 aromatic carbocycles. The highest BCUT2D eigenvalue weighted by Crippen LogP contribution is 2.16. The van der Waals surface area contributed by atoms with Gasteiger partial charge in [-0.05, 0) is 19.8 Å². The maximum atomic E-state index is 5.63. The minimum atomic E-state index is 0.482. The Labute approximate surface area is 79.9 Å². The third-order valence-corrected chi connectivity index (χ3v) is 2.55. The van der Waals surface area contributed by atoms with Crippen LogP contribution in [0.3, 0.4) is 0 Å². The number of nitrogens with zero attached hydrogens (tertiary/aromatic N) is 2. The summed E-state index contributed by atoms with van der Waals surface area (Å²) in [7, 11) is 0. The van der Waals surface area contributed by atoms with E-state index >= 15 is 0 Å². The van der Waals surface area contributed by atoms with E-state index in [1.807, 2.05) is 6.20 Å². The molecule has 0 aliphatic rings. The lowest BCUT2D eigenvalue weighted by molar-refractivity contribution is 0.461. The Hall–Kier alpha value is -0.830. The summed E-state index contributed by atoms with van der Waals surface area (Å²) in [6, 6.07) is 0.482. The summed E-state index contributed by atoms with van der Waals surface area (Å²) in [5, 5.41) is 4.37. The van der Waals surface area contributed by atoms with Gasteiger partial charge >= 0.3 is 0 Å². The van der Waals surface area contributed by atoms with Gasteiger partial charge in [0, 0.05) is 23.8 Å². The molecular weight excluding hydrogens is 162 g/mol. The van der Waals surface area contributed by atoms with E-state index in [-0.39, 0.29) is 0 Å². The smallest absolute Gasteiger partial charge is 0.0537 e. The maximum Gasteiger partial charge on any atom is 0.0537 e.